The molecule has 1 aliphatic carbocycles. The molecule has 1 aliphatic rings. The number of rotatable bonds is 8. The number of hydrogen-bond donors (Lipinski definition) is 2. The van der Waals surface area contributed by atoms with E-state index >= 15 is 0 Å². The van der Waals surface area contributed by atoms with Gasteiger partial charge in [0.25, 0.3) is 11.8 Å². The van der Waals surface area contributed by atoms with Crippen LogP contribution in [0.2, 0.25) is 10.0 Å². The van der Waals surface area contributed by atoms with Crippen LogP contribution in [0, 0.1) is 5.92 Å². The molecule has 0 unspecified atom stereocenters. The fourth-order valence-corrected chi connectivity index (χ4v) is 5.93. The number of anilines is 2. The zero-order chi connectivity index (χ0) is 27.4. The Morgan fingerprint density at radius 2 is 1.84 bits per heavy atom. The van der Waals surface area contributed by atoms with Gasteiger partial charge in [0, 0.05) is 15.5 Å². The third-order valence-corrected chi connectivity index (χ3v) is 7.94. The van der Waals surface area contributed by atoms with Crippen molar-refractivity contribution in [3.8, 4) is 5.75 Å². The first-order chi connectivity index (χ1) is 18.2. The molecule has 2 aromatic carbocycles. The number of halogens is 2. The van der Waals surface area contributed by atoms with Gasteiger partial charge in [-0.25, -0.2) is 4.79 Å². The maximum absolute atomic E-state index is 13.0. The first-order valence-electron chi connectivity index (χ1n) is 12.3. The Hall–Kier alpha value is -3.07. The molecule has 4 rings (SSSR count). The molecule has 38 heavy (non-hydrogen) atoms. The zero-order valence-corrected chi connectivity index (χ0v) is 23.6. The van der Waals surface area contributed by atoms with Crippen LogP contribution >= 0.6 is 34.5 Å². The van der Waals surface area contributed by atoms with E-state index in [1.54, 1.807) is 56.3 Å². The Kier molecular flexibility index (Phi) is 8.97. The molecule has 0 saturated carbocycles. The average molecular weight is 576 g/mol. The van der Waals surface area contributed by atoms with E-state index in [1.165, 1.54) is 11.3 Å². The van der Waals surface area contributed by atoms with Crippen molar-refractivity contribution in [2.75, 3.05) is 17.2 Å². The zero-order valence-electron chi connectivity index (χ0n) is 21.2. The van der Waals surface area contributed by atoms with Gasteiger partial charge in [-0.2, -0.15) is 0 Å². The fraction of sp³-hybridized carbons (Fsp3) is 0.321. The van der Waals surface area contributed by atoms with Crippen molar-refractivity contribution in [3.63, 3.8) is 0 Å². The Labute approximate surface area is 235 Å². The van der Waals surface area contributed by atoms with Gasteiger partial charge in [0.15, 0.2) is 6.10 Å². The molecule has 0 radical (unpaired) electrons. The Bertz CT molecular complexity index is 1360. The van der Waals surface area contributed by atoms with E-state index in [0.29, 0.717) is 43.5 Å². The predicted molar refractivity (Wildman–Crippen MR) is 151 cm³/mol. The second kappa shape index (κ2) is 12.2. The summed E-state index contributed by atoms with van der Waals surface area (Å²) in [5, 5.41) is 6.91. The minimum atomic E-state index is -0.836. The van der Waals surface area contributed by atoms with Crippen LogP contribution in [-0.4, -0.2) is 30.5 Å². The van der Waals surface area contributed by atoms with Crippen molar-refractivity contribution in [3.05, 3.63) is 74.1 Å². The summed E-state index contributed by atoms with van der Waals surface area (Å²) in [6.07, 6.45) is 1.83. The minimum Gasteiger partial charge on any atom is -0.481 e. The normalized spacial score (nSPS) is 15.2. The van der Waals surface area contributed by atoms with Gasteiger partial charge in [-0.1, -0.05) is 30.1 Å². The van der Waals surface area contributed by atoms with Gasteiger partial charge in [-0.15, -0.1) is 11.3 Å². The summed E-state index contributed by atoms with van der Waals surface area (Å²) in [6.45, 7) is 5.81. The SMILES string of the molecule is CCOC(=O)c1c(NC(=O)c2ccc(O[C@@H](C)C(=O)Nc3cc(Cl)ccc3Cl)cc2)sc2c1CC[C@@H](C)C2. The lowest BCUT2D eigenvalue weighted by molar-refractivity contribution is -0.122. The molecule has 2 amide bonds. The van der Waals surface area contributed by atoms with E-state index < -0.39 is 18.0 Å². The lowest BCUT2D eigenvalue weighted by Gasteiger charge is -2.18. The van der Waals surface area contributed by atoms with Gasteiger partial charge in [0.1, 0.15) is 10.8 Å². The molecule has 3 aromatic rings. The molecule has 7 nitrogen and oxygen atoms in total. The van der Waals surface area contributed by atoms with Gasteiger partial charge in [-0.3, -0.25) is 9.59 Å². The number of nitrogens with one attached hydrogen (secondary N) is 2. The number of fused-ring (bicyclic) bond motifs is 1. The summed E-state index contributed by atoms with van der Waals surface area (Å²) < 4.78 is 11.0. The van der Waals surface area contributed by atoms with Crippen molar-refractivity contribution in [2.24, 2.45) is 5.92 Å². The van der Waals surface area contributed by atoms with Gasteiger partial charge in [0.05, 0.1) is 22.9 Å². The number of benzene rings is 2. The Morgan fingerprint density at radius 3 is 2.55 bits per heavy atom. The van der Waals surface area contributed by atoms with Gasteiger partial charge < -0.3 is 20.1 Å². The van der Waals surface area contributed by atoms with E-state index in [4.69, 9.17) is 32.7 Å². The molecule has 2 N–H and O–H groups in total. The molecule has 0 fully saturated rings. The van der Waals surface area contributed by atoms with E-state index in [-0.39, 0.29) is 12.5 Å². The highest BCUT2D eigenvalue weighted by atomic mass is 35.5. The second-order valence-electron chi connectivity index (χ2n) is 9.13. The third-order valence-electron chi connectivity index (χ3n) is 6.20. The van der Waals surface area contributed by atoms with Crippen molar-refractivity contribution in [2.45, 2.75) is 46.1 Å². The molecule has 1 heterocycles. The smallest absolute Gasteiger partial charge is 0.341 e. The largest absolute Gasteiger partial charge is 0.481 e. The summed E-state index contributed by atoms with van der Waals surface area (Å²) in [4.78, 5) is 39.4. The molecule has 0 bridgehead atoms. The number of hydrogen-bond acceptors (Lipinski definition) is 6. The molecule has 0 spiro atoms. The van der Waals surface area contributed by atoms with Crippen LogP contribution in [0.25, 0.3) is 0 Å². The van der Waals surface area contributed by atoms with Crippen molar-refractivity contribution in [1.29, 1.82) is 0 Å². The quantitative estimate of drug-likeness (QED) is 0.282. The summed E-state index contributed by atoms with van der Waals surface area (Å²) in [5.74, 6) is -0.230. The standard InChI is InChI=1S/C28H28Cl2N2O5S/c1-4-36-28(35)24-20-11-5-15(2)13-23(20)38-27(24)32-26(34)17-6-9-19(10-7-17)37-16(3)25(33)31-22-14-18(29)8-12-21(22)30/h6-10,12,14-16H,4-5,11,13H2,1-3H3,(H,31,33)(H,32,34)/t15-,16+/m1/s1. The summed E-state index contributed by atoms with van der Waals surface area (Å²) in [5.41, 5.74) is 2.22. The number of amides is 2. The summed E-state index contributed by atoms with van der Waals surface area (Å²) in [6, 6.07) is 11.2. The number of ether oxygens (including phenoxy) is 2. The third kappa shape index (κ3) is 6.49. The predicted octanol–water partition coefficient (Wildman–Crippen LogP) is 7.01. The maximum atomic E-state index is 13.0. The van der Waals surface area contributed by atoms with Crippen LogP contribution in [0.15, 0.2) is 42.5 Å². The van der Waals surface area contributed by atoms with E-state index in [2.05, 4.69) is 17.6 Å². The molecule has 0 saturated heterocycles. The van der Waals surface area contributed by atoms with Crippen molar-refractivity contribution in [1.82, 2.24) is 0 Å². The van der Waals surface area contributed by atoms with Crippen molar-refractivity contribution < 1.29 is 23.9 Å². The van der Waals surface area contributed by atoms with E-state index in [0.717, 1.165) is 29.7 Å². The van der Waals surface area contributed by atoms with E-state index in [9.17, 15) is 14.4 Å². The summed E-state index contributed by atoms with van der Waals surface area (Å²) >= 11 is 13.5. The average Bonchev–Trinajstić information content (AvgIpc) is 3.23. The lowest BCUT2D eigenvalue weighted by Crippen LogP contribution is -2.30. The summed E-state index contributed by atoms with van der Waals surface area (Å²) in [7, 11) is 0. The minimum absolute atomic E-state index is 0.261. The first-order valence-corrected chi connectivity index (χ1v) is 13.9. The van der Waals surface area contributed by atoms with Gasteiger partial charge in [0.2, 0.25) is 0 Å². The number of thiophene rings is 1. The maximum Gasteiger partial charge on any atom is 0.341 e. The molecule has 200 valence electrons. The molecule has 0 aliphatic heterocycles. The fourth-order valence-electron chi connectivity index (χ4n) is 4.20. The topological polar surface area (TPSA) is 93.7 Å². The highest BCUT2D eigenvalue weighted by Crippen LogP contribution is 2.40. The van der Waals surface area contributed by atoms with Crippen LogP contribution in [0.3, 0.4) is 0 Å². The van der Waals surface area contributed by atoms with Crippen LogP contribution in [0.5, 0.6) is 5.75 Å². The number of carbonyl (C=O) groups is 3. The van der Waals surface area contributed by atoms with Crippen LogP contribution < -0.4 is 15.4 Å². The second-order valence-corrected chi connectivity index (χ2v) is 11.1. The van der Waals surface area contributed by atoms with Crippen LogP contribution in [-0.2, 0) is 22.4 Å². The Balaban J connectivity index is 1.43. The molecule has 1 aromatic heterocycles. The number of carbonyl (C=O) groups excluding carboxylic acids is 3. The van der Waals surface area contributed by atoms with Crippen LogP contribution in [0.1, 0.15) is 58.3 Å². The highest BCUT2D eigenvalue weighted by Gasteiger charge is 2.29. The molecular weight excluding hydrogens is 547 g/mol. The first kappa shape index (κ1) is 28.0. The van der Waals surface area contributed by atoms with Gasteiger partial charge >= 0.3 is 5.97 Å². The molecule has 10 heteroatoms. The Morgan fingerprint density at radius 1 is 1.11 bits per heavy atom. The van der Waals surface area contributed by atoms with E-state index in [1.807, 2.05) is 0 Å². The lowest BCUT2D eigenvalue weighted by atomic mass is 9.88. The molecule has 2 atom stereocenters. The number of esters is 1. The monoisotopic (exact) mass is 574 g/mol. The highest BCUT2D eigenvalue weighted by molar-refractivity contribution is 7.17. The van der Waals surface area contributed by atoms with Crippen molar-refractivity contribution >= 4 is 63.0 Å². The van der Waals surface area contributed by atoms with Gasteiger partial charge in [-0.05, 0) is 87.1 Å². The van der Waals surface area contributed by atoms with Crippen LogP contribution in [0.4, 0.5) is 10.7 Å². The molecular formula is C28H28Cl2N2O5S.